The van der Waals surface area contributed by atoms with Gasteiger partial charge in [0.15, 0.2) is 5.60 Å². The zero-order valence-electron chi connectivity index (χ0n) is 10.8. The van der Waals surface area contributed by atoms with E-state index in [1.807, 2.05) is 31.2 Å². The minimum Gasteiger partial charge on any atom is -0.497 e. The lowest BCUT2D eigenvalue weighted by atomic mass is 10.0. The molecule has 0 aromatic heterocycles. The van der Waals surface area contributed by atoms with Gasteiger partial charge in [-0.2, -0.15) is 0 Å². The molecule has 5 nitrogen and oxygen atoms in total. The van der Waals surface area contributed by atoms with E-state index in [-0.39, 0.29) is 12.6 Å². The van der Waals surface area contributed by atoms with Crippen LogP contribution >= 0.6 is 0 Å². The minimum atomic E-state index is -1.76. The third-order valence-corrected chi connectivity index (χ3v) is 2.83. The van der Waals surface area contributed by atoms with Crippen LogP contribution in [0.5, 0.6) is 5.75 Å². The molecule has 1 aromatic rings. The Kier molecular flexibility index (Phi) is 4.69. The van der Waals surface area contributed by atoms with Gasteiger partial charge in [-0.25, -0.2) is 4.79 Å². The normalized spacial score (nSPS) is 15.8. The molecule has 0 aliphatic heterocycles. The fraction of sp³-hybridized carbons (Fsp3) is 0.462. The quantitative estimate of drug-likeness (QED) is 0.709. The predicted molar refractivity (Wildman–Crippen MR) is 67.7 cm³/mol. The summed E-state index contributed by atoms with van der Waals surface area (Å²) in [6, 6.07) is 7.41. The van der Waals surface area contributed by atoms with Crippen LogP contribution in [0.25, 0.3) is 0 Å². The number of aliphatic carboxylic acids is 1. The average molecular weight is 253 g/mol. The molecule has 0 heterocycles. The van der Waals surface area contributed by atoms with Crippen LogP contribution in [0.15, 0.2) is 24.3 Å². The van der Waals surface area contributed by atoms with Crippen molar-refractivity contribution in [2.75, 3.05) is 13.7 Å². The number of ether oxygens (including phenoxy) is 1. The average Bonchev–Trinajstić information content (AvgIpc) is 2.36. The van der Waals surface area contributed by atoms with E-state index in [9.17, 15) is 9.90 Å². The van der Waals surface area contributed by atoms with Gasteiger partial charge in [0.05, 0.1) is 7.11 Å². The zero-order chi connectivity index (χ0) is 13.8. The van der Waals surface area contributed by atoms with Crippen molar-refractivity contribution in [3.63, 3.8) is 0 Å². The Hall–Kier alpha value is -1.59. The summed E-state index contributed by atoms with van der Waals surface area (Å²) in [7, 11) is 1.60. The van der Waals surface area contributed by atoms with Crippen LogP contribution in [0.4, 0.5) is 0 Å². The Balaban J connectivity index is 2.59. The second kappa shape index (κ2) is 5.84. The van der Waals surface area contributed by atoms with Gasteiger partial charge in [-0.05, 0) is 31.5 Å². The molecule has 2 atom stereocenters. The molecule has 100 valence electrons. The number of carboxylic acids is 1. The van der Waals surface area contributed by atoms with E-state index in [2.05, 4.69) is 5.32 Å². The first-order valence-corrected chi connectivity index (χ1v) is 5.70. The lowest BCUT2D eigenvalue weighted by molar-refractivity contribution is -0.156. The van der Waals surface area contributed by atoms with Crippen molar-refractivity contribution in [2.45, 2.75) is 25.5 Å². The molecule has 1 unspecified atom stereocenters. The Morgan fingerprint density at radius 3 is 2.44 bits per heavy atom. The van der Waals surface area contributed by atoms with E-state index >= 15 is 0 Å². The predicted octanol–water partition coefficient (Wildman–Crippen LogP) is 1.18. The molecule has 0 fully saturated rings. The van der Waals surface area contributed by atoms with Crippen molar-refractivity contribution in [3.8, 4) is 5.75 Å². The summed E-state index contributed by atoms with van der Waals surface area (Å²) in [5.41, 5.74) is -0.766. The first kappa shape index (κ1) is 14.5. The summed E-state index contributed by atoms with van der Waals surface area (Å²) in [5, 5.41) is 21.4. The van der Waals surface area contributed by atoms with E-state index in [4.69, 9.17) is 9.84 Å². The molecule has 0 saturated heterocycles. The Labute approximate surface area is 106 Å². The second-order valence-corrected chi connectivity index (χ2v) is 4.45. The Morgan fingerprint density at radius 2 is 2.00 bits per heavy atom. The summed E-state index contributed by atoms with van der Waals surface area (Å²) in [4.78, 5) is 10.7. The molecule has 0 saturated carbocycles. The van der Waals surface area contributed by atoms with Gasteiger partial charge in [-0.3, -0.25) is 0 Å². The molecule has 0 aliphatic carbocycles. The maximum absolute atomic E-state index is 10.7. The number of carbonyl (C=O) groups is 1. The molecular weight excluding hydrogens is 234 g/mol. The maximum atomic E-state index is 10.7. The molecule has 0 spiro atoms. The monoisotopic (exact) mass is 253 g/mol. The molecule has 0 radical (unpaired) electrons. The van der Waals surface area contributed by atoms with Crippen LogP contribution < -0.4 is 10.1 Å². The molecule has 1 aromatic carbocycles. The van der Waals surface area contributed by atoms with E-state index in [0.29, 0.717) is 0 Å². The van der Waals surface area contributed by atoms with Gasteiger partial charge < -0.3 is 20.3 Å². The van der Waals surface area contributed by atoms with E-state index in [1.165, 1.54) is 6.92 Å². The molecule has 0 bridgehead atoms. The highest BCUT2D eigenvalue weighted by Crippen LogP contribution is 2.17. The van der Waals surface area contributed by atoms with Crippen molar-refractivity contribution in [3.05, 3.63) is 29.8 Å². The van der Waals surface area contributed by atoms with Gasteiger partial charge in [0.25, 0.3) is 0 Å². The number of aliphatic hydroxyl groups is 1. The SMILES string of the molecule is COc1ccc([C@@H](C)NCC(C)(O)C(=O)O)cc1. The molecule has 1 rings (SSSR count). The fourth-order valence-corrected chi connectivity index (χ4v) is 1.44. The van der Waals surface area contributed by atoms with Crippen molar-refractivity contribution >= 4 is 5.97 Å². The zero-order valence-corrected chi connectivity index (χ0v) is 10.8. The van der Waals surface area contributed by atoms with Gasteiger partial charge in [0.2, 0.25) is 0 Å². The van der Waals surface area contributed by atoms with Crippen molar-refractivity contribution in [2.24, 2.45) is 0 Å². The summed E-state index contributed by atoms with van der Waals surface area (Å²) in [6.07, 6.45) is 0. The van der Waals surface area contributed by atoms with Crippen LogP contribution in [0, 0.1) is 0 Å². The number of rotatable bonds is 6. The van der Waals surface area contributed by atoms with E-state index < -0.39 is 11.6 Å². The number of benzene rings is 1. The summed E-state index contributed by atoms with van der Waals surface area (Å²) >= 11 is 0. The first-order valence-electron chi connectivity index (χ1n) is 5.70. The number of hydrogen-bond donors (Lipinski definition) is 3. The Morgan fingerprint density at radius 1 is 1.44 bits per heavy atom. The number of nitrogens with one attached hydrogen (secondary N) is 1. The Bertz CT molecular complexity index is 400. The summed E-state index contributed by atoms with van der Waals surface area (Å²) in [6.45, 7) is 3.15. The number of methoxy groups -OCH3 is 1. The third kappa shape index (κ3) is 3.72. The number of hydrogen-bond acceptors (Lipinski definition) is 4. The van der Waals surface area contributed by atoms with Gasteiger partial charge in [-0.15, -0.1) is 0 Å². The molecule has 18 heavy (non-hydrogen) atoms. The van der Waals surface area contributed by atoms with Crippen LogP contribution in [-0.4, -0.2) is 35.4 Å². The highest BCUT2D eigenvalue weighted by Gasteiger charge is 2.29. The van der Waals surface area contributed by atoms with E-state index in [1.54, 1.807) is 7.11 Å². The number of carboxylic acid groups (broad SMARTS) is 1. The lowest BCUT2D eigenvalue weighted by Crippen LogP contribution is -2.45. The van der Waals surface area contributed by atoms with Gasteiger partial charge in [0.1, 0.15) is 5.75 Å². The summed E-state index contributed by atoms with van der Waals surface area (Å²) < 4.78 is 5.06. The van der Waals surface area contributed by atoms with E-state index in [0.717, 1.165) is 11.3 Å². The van der Waals surface area contributed by atoms with Crippen LogP contribution in [0.2, 0.25) is 0 Å². The smallest absolute Gasteiger partial charge is 0.336 e. The van der Waals surface area contributed by atoms with Crippen LogP contribution in [0.3, 0.4) is 0 Å². The molecule has 0 aliphatic rings. The van der Waals surface area contributed by atoms with Crippen LogP contribution in [0.1, 0.15) is 25.5 Å². The molecular formula is C13H19NO4. The minimum absolute atomic E-state index is 0.0183. The summed E-state index contributed by atoms with van der Waals surface area (Å²) in [5.74, 6) is -0.472. The van der Waals surface area contributed by atoms with Gasteiger partial charge >= 0.3 is 5.97 Å². The molecule has 0 amide bonds. The molecule has 5 heteroatoms. The highest BCUT2D eigenvalue weighted by molar-refractivity contribution is 5.76. The third-order valence-electron chi connectivity index (χ3n) is 2.83. The topological polar surface area (TPSA) is 78.8 Å². The molecule has 3 N–H and O–H groups in total. The standard InChI is InChI=1S/C13H19NO4/c1-9(14-8-13(2,17)12(15)16)10-4-6-11(18-3)7-5-10/h4-7,9,14,17H,8H2,1-3H3,(H,15,16)/t9-,13?/m1/s1. The fourth-order valence-electron chi connectivity index (χ4n) is 1.44. The van der Waals surface area contributed by atoms with Gasteiger partial charge in [-0.1, -0.05) is 12.1 Å². The maximum Gasteiger partial charge on any atom is 0.336 e. The van der Waals surface area contributed by atoms with Crippen molar-refractivity contribution in [1.29, 1.82) is 0 Å². The lowest BCUT2D eigenvalue weighted by Gasteiger charge is -2.22. The van der Waals surface area contributed by atoms with Crippen molar-refractivity contribution < 1.29 is 19.7 Å². The largest absolute Gasteiger partial charge is 0.497 e. The first-order chi connectivity index (χ1) is 8.36. The second-order valence-electron chi connectivity index (χ2n) is 4.45. The van der Waals surface area contributed by atoms with Gasteiger partial charge in [0, 0.05) is 12.6 Å². The van der Waals surface area contributed by atoms with Crippen molar-refractivity contribution in [1.82, 2.24) is 5.32 Å². The van der Waals surface area contributed by atoms with Crippen LogP contribution in [-0.2, 0) is 4.79 Å². The highest BCUT2D eigenvalue weighted by atomic mass is 16.5.